The number of alkyl halides is 3. The summed E-state index contributed by atoms with van der Waals surface area (Å²) in [6.07, 6.45) is 0.627. The summed E-state index contributed by atoms with van der Waals surface area (Å²) in [6.45, 7) is 0.596. The number of nitrogens with one attached hydrogen (secondary N) is 1. The van der Waals surface area contributed by atoms with Crippen molar-refractivity contribution in [2.75, 3.05) is 5.32 Å². The van der Waals surface area contributed by atoms with Crippen molar-refractivity contribution in [1.82, 2.24) is 9.55 Å². The zero-order valence-corrected chi connectivity index (χ0v) is 13.0. The van der Waals surface area contributed by atoms with Crippen LogP contribution >= 0.6 is 0 Å². The van der Waals surface area contributed by atoms with Crippen molar-refractivity contribution in [1.29, 1.82) is 0 Å². The summed E-state index contributed by atoms with van der Waals surface area (Å²) < 4.78 is 40.8. The van der Waals surface area contributed by atoms with Gasteiger partial charge in [0, 0.05) is 24.5 Å². The largest absolute Gasteiger partial charge is 0.418 e. The van der Waals surface area contributed by atoms with Gasteiger partial charge in [-0.05, 0) is 29.8 Å². The van der Waals surface area contributed by atoms with Crippen LogP contribution in [0.15, 0.2) is 67.3 Å². The number of carbonyl (C=O) groups excluding carboxylic acids is 1. The number of nitrogens with zero attached hydrogens (tertiary/aromatic N) is 2. The minimum absolute atomic E-state index is 0.262. The monoisotopic (exact) mass is 345 g/mol. The second-order valence-corrected chi connectivity index (χ2v) is 5.43. The maximum atomic E-state index is 13.0. The smallest absolute Gasteiger partial charge is 0.333 e. The SMILES string of the molecule is O=C(Nc1ccccc1C(F)(F)F)c1ccc(Cn2ccnc2)cc1. The lowest BCUT2D eigenvalue weighted by atomic mass is 10.1. The highest BCUT2D eigenvalue weighted by molar-refractivity contribution is 6.04. The fourth-order valence-corrected chi connectivity index (χ4v) is 2.39. The molecule has 0 fully saturated rings. The van der Waals surface area contributed by atoms with Gasteiger partial charge >= 0.3 is 6.18 Å². The van der Waals surface area contributed by atoms with Gasteiger partial charge in [0.25, 0.3) is 5.91 Å². The van der Waals surface area contributed by atoms with E-state index in [1.54, 1.807) is 36.8 Å². The van der Waals surface area contributed by atoms with Crippen LogP contribution in [0.1, 0.15) is 21.5 Å². The quantitative estimate of drug-likeness (QED) is 0.770. The molecule has 128 valence electrons. The molecule has 0 aliphatic carbocycles. The van der Waals surface area contributed by atoms with Crippen LogP contribution in [0.2, 0.25) is 0 Å². The molecule has 1 aromatic heterocycles. The molecule has 0 aliphatic heterocycles. The summed E-state index contributed by atoms with van der Waals surface area (Å²) >= 11 is 0. The van der Waals surface area contributed by atoms with E-state index in [1.807, 2.05) is 10.8 Å². The topological polar surface area (TPSA) is 46.9 Å². The predicted octanol–water partition coefficient (Wildman–Crippen LogP) is 4.20. The maximum absolute atomic E-state index is 13.0. The van der Waals surface area contributed by atoms with Crippen LogP contribution < -0.4 is 5.32 Å². The Labute approximate surface area is 141 Å². The van der Waals surface area contributed by atoms with E-state index in [0.717, 1.165) is 11.6 Å². The van der Waals surface area contributed by atoms with Gasteiger partial charge in [-0.3, -0.25) is 4.79 Å². The van der Waals surface area contributed by atoms with Crippen LogP contribution in [0.4, 0.5) is 18.9 Å². The van der Waals surface area contributed by atoms with Crippen LogP contribution in [-0.2, 0) is 12.7 Å². The Kier molecular flexibility index (Phi) is 4.56. The molecule has 4 nitrogen and oxygen atoms in total. The molecule has 1 N–H and O–H groups in total. The number of benzene rings is 2. The number of hydrogen-bond acceptors (Lipinski definition) is 2. The average Bonchev–Trinajstić information content (AvgIpc) is 3.08. The molecule has 0 bridgehead atoms. The molecule has 25 heavy (non-hydrogen) atoms. The van der Waals surface area contributed by atoms with Crippen molar-refractivity contribution in [3.63, 3.8) is 0 Å². The molecule has 1 heterocycles. The fraction of sp³-hybridized carbons (Fsp3) is 0.111. The zero-order chi connectivity index (χ0) is 17.9. The van der Waals surface area contributed by atoms with E-state index in [2.05, 4.69) is 10.3 Å². The Morgan fingerprint density at radius 3 is 2.44 bits per heavy atom. The molecule has 0 aliphatic rings. The lowest BCUT2D eigenvalue weighted by Crippen LogP contribution is -2.16. The summed E-state index contributed by atoms with van der Waals surface area (Å²) in [6, 6.07) is 11.6. The van der Waals surface area contributed by atoms with Gasteiger partial charge in [-0.25, -0.2) is 4.98 Å². The normalized spacial score (nSPS) is 11.3. The standard InChI is InChI=1S/C18H14F3N3O/c19-18(20,21)15-3-1-2-4-16(15)23-17(25)14-7-5-13(6-8-14)11-24-10-9-22-12-24/h1-10,12H,11H2,(H,23,25). The van der Waals surface area contributed by atoms with E-state index in [0.29, 0.717) is 6.54 Å². The lowest BCUT2D eigenvalue weighted by molar-refractivity contribution is -0.136. The second kappa shape index (κ2) is 6.80. The van der Waals surface area contributed by atoms with E-state index in [-0.39, 0.29) is 11.3 Å². The average molecular weight is 345 g/mol. The van der Waals surface area contributed by atoms with Gasteiger partial charge in [0.1, 0.15) is 0 Å². The Bertz CT molecular complexity index is 856. The van der Waals surface area contributed by atoms with Gasteiger partial charge in [0.05, 0.1) is 17.6 Å². The van der Waals surface area contributed by atoms with E-state index in [9.17, 15) is 18.0 Å². The number of carbonyl (C=O) groups is 1. The van der Waals surface area contributed by atoms with Gasteiger partial charge in [0.15, 0.2) is 0 Å². The first kappa shape index (κ1) is 16.8. The number of para-hydroxylation sites is 1. The molecule has 2 aromatic carbocycles. The van der Waals surface area contributed by atoms with Gasteiger partial charge in [0.2, 0.25) is 0 Å². The highest BCUT2D eigenvalue weighted by Crippen LogP contribution is 2.34. The number of halogens is 3. The van der Waals surface area contributed by atoms with E-state index in [4.69, 9.17) is 0 Å². The molecule has 1 amide bonds. The molecule has 3 rings (SSSR count). The van der Waals surface area contributed by atoms with Gasteiger partial charge in [-0.2, -0.15) is 13.2 Å². The Balaban J connectivity index is 1.74. The Morgan fingerprint density at radius 2 is 1.80 bits per heavy atom. The molecule has 0 spiro atoms. The third-order valence-electron chi connectivity index (χ3n) is 3.62. The van der Waals surface area contributed by atoms with Gasteiger partial charge in [-0.1, -0.05) is 24.3 Å². The number of hydrogen-bond donors (Lipinski definition) is 1. The van der Waals surface area contributed by atoms with Crippen LogP contribution in [0.25, 0.3) is 0 Å². The minimum Gasteiger partial charge on any atom is -0.333 e. The van der Waals surface area contributed by atoms with Crippen LogP contribution in [0.3, 0.4) is 0 Å². The van der Waals surface area contributed by atoms with Crippen LogP contribution in [-0.4, -0.2) is 15.5 Å². The number of aromatic nitrogens is 2. The van der Waals surface area contributed by atoms with Crippen LogP contribution in [0.5, 0.6) is 0 Å². The van der Waals surface area contributed by atoms with Crippen molar-refractivity contribution < 1.29 is 18.0 Å². The summed E-state index contributed by atoms with van der Waals surface area (Å²) in [5.74, 6) is -0.592. The molecule has 0 saturated carbocycles. The summed E-state index contributed by atoms with van der Waals surface area (Å²) in [7, 11) is 0. The van der Waals surface area contributed by atoms with E-state index < -0.39 is 17.6 Å². The highest BCUT2D eigenvalue weighted by atomic mass is 19.4. The maximum Gasteiger partial charge on any atom is 0.418 e. The molecule has 0 radical (unpaired) electrons. The van der Waals surface area contributed by atoms with Crippen LogP contribution in [0, 0.1) is 0 Å². The number of imidazole rings is 1. The van der Waals surface area contributed by atoms with Crippen molar-refractivity contribution in [2.24, 2.45) is 0 Å². The molecule has 0 atom stereocenters. The first-order chi connectivity index (χ1) is 11.9. The third kappa shape index (κ3) is 4.06. The Hall–Kier alpha value is -3.09. The Morgan fingerprint density at radius 1 is 1.08 bits per heavy atom. The lowest BCUT2D eigenvalue weighted by Gasteiger charge is -2.13. The van der Waals surface area contributed by atoms with Crippen molar-refractivity contribution >= 4 is 11.6 Å². The second-order valence-electron chi connectivity index (χ2n) is 5.43. The fourth-order valence-electron chi connectivity index (χ4n) is 2.39. The highest BCUT2D eigenvalue weighted by Gasteiger charge is 2.33. The van der Waals surface area contributed by atoms with E-state index >= 15 is 0 Å². The summed E-state index contributed by atoms with van der Waals surface area (Å²) in [5, 5.41) is 2.32. The number of amides is 1. The number of anilines is 1. The predicted molar refractivity (Wildman–Crippen MR) is 87.2 cm³/mol. The molecular formula is C18H14F3N3O. The first-order valence-electron chi connectivity index (χ1n) is 7.46. The molecule has 7 heteroatoms. The molecule has 0 saturated heterocycles. The third-order valence-corrected chi connectivity index (χ3v) is 3.62. The van der Waals surface area contributed by atoms with Crippen molar-refractivity contribution in [3.8, 4) is 0 Å². The summed E-state index contributed by atoms with van der Waals surface area (Å²) in [4.78, 5) is 16.2. The molecule has 0 unspecified atom stereocenters. The molecule has 3 aromatic rings. The molecular weight excluding hydrogens is 331 g/mol. The minimum atomic E-state index is -4.53. The first-order valence-corrected chi connectivity index (χ1v) is 7.46. The van der Waals surface area contributed by atoms with Gasteiger partial charge < -0.3 is 9.88 Å². The van der Waals surface area contributed by atoms with Crippen molar-refractivity contribution in [2.45, 2.75) is 12.7 Å². The van der Waals surface area contributed by atoms with E-state index in [1.165, 1.54) is 18.2 Å². The zero-order valence-electron chi connectivity index (χ0n) is 13.0. The number of rotatable bonds is 4. The summed E-state index contributed by atoms with van der Waals surface area (Å²) in [5.41, 5.74) is 0.0965. The van der Waals surface area contributed by atoms with Crippen molar-refractivity contribution in [3.05, 3.63) is 83.9 Å². The van der Waals surface area contributed by atoms with Gasteiger partial charge in [-0.15, -0.1) is 0 Å².